The zero-order valence-corrected chi connectivity index (χ0v) is 67.0. The average molecular weight is 1590 g/mol. The van der Waals surface area contributed by atoms with E-state index < -0.39 is 0 Å². The predicted octanol–water partition coefficient (Wildman–Crippen LogP) is 29.7. The highest BCUT2D eigenvalue weighted by molar-refractivity contribution is 6.25. The Morgan fingerprint density at radius 1 is 0.153 bits per heavy atom. The molecule has 0 aliphatic heterocycles. The number of aromatic nitrogens is 8. The van der Waals surface area contributed by atoms with Crippen LogP contribution in [-0.4, -0.2) is 39.0 Å². The number of fused-ring (bicyclic) bond motifs is 14. The van der Waals surface area contributed by atoms with Crippen LogP contribution in [0, 0.1) is 0 Å². The second-order valence-corrected chi connectivity index (χ2v) is 31.2. The summed E-state index contributed by atoms with van der Waals surface area (Å²) in [6.45, 7) is 0. The highest BCUT2D eigenvalue weighted by atomic mass is 16.3. The Kier molecular flexibility index (Phi) is 18.0. The van der Waals surface area contributed by atoms with Gasteiger partial charge >= 0.3 is 0 Å². The minimum atomic E-state index is 0.571. The lowest BCUT2D eigenvalue weighted by Gasteiger charge is -2.10. The minimum Gasteiger partial charge on any atom is -0.455 e. The van der Waals surface area contributed by atoms with Crippen molar-refractivity contribution in [2.75, 3.05) is 0 Å². The molecule has 0 radical (unpaired) electrons. The Morgan fingerprint density at radius 2 is 0.387 bits per heavy atom. The molecular formula is C114H72N8O2. The number of rotatable bonds is 14. The highest BCUT2D eigenvalue weighted by Gasteiger charge is 2.24. The topological polar surface area (TPSA) is 113 Å². The van der Waals surface area contributed by atoms with Crippen LogP contribution >= 0.6 is 0 Å². The summed E-state index contributed by atoms with van der Waals surface area (Å²) in [5.74, 6) is 3.59. The molecule has 0 N–H and O–H groups in total. The van der Waals surface area contributed by atoms with Crippen molar-refractivity contribution in [3.8, 4) is 146 Å². The van der Waals surface area contributed by atoms with Gasteiger partial charge in [0.1, 0.15) is 22.3 Å². The Bertz CT molecular complexity index is 8170. The molecule has 580 valence electrons. The first-order chi connectivity index (χ1) is 61.4. The number of hydrogen-bond acceptors (Lipinski definition) is 8. The zero-order valence-electron chi connectivity index (χ0n) is 67.0. The number of para-hydroxylation sites is 2. The van der Waals surface area contributed by atoms with Crippen molar-refractivity contribution in [2.45, 2.75) is 0 Å². The maximum atomic E-state index is 6.97. The van der Waals surface area contributed by atoms with Gasteiger partial charge in [0.25, 0.3) is 0 Å². The monoisotopic (exact) mass is 1580 g/mol. The molecule has 0 atom stereocenters. The second-order valence-electron chi connectivity index (χ2n) is 31.2. The molecule has 0 bridgehead atoms. The normalized spacial score (nSPS) is 11.5. The van der Waals surface area contributed by atoms with Crippen molar-refractivity contribution in [1.82, 2.24) is 39.0 Å². The fraction of sp³-hybridized carbons (Fsp3) is 0. The Morgan fingerprint density at radius 3 is 0.750 bits per heavy atom. The quantitative estimate of drug-likeness (QED) is 0.106. The smallest absolute Gasteiger partial charge is 0.164 e. The number of benzene rings is 18. The zero-order chi connectivity index (χ0) is 82.0. The molecule has 10 nitrogen and oxygen atoms in total. The van der Waals surface area contributed by atoms with E-state index in [4.69, 9.17) is 38.7 Å². The van der Waals surface area contributed by atoms with Gasteiger partial charge in [0.15, 0.2) is 34.9 Å². The number of hydrogen-bond donors (Lipinski definition) is 0. The Balaban J connectivity index is 0.000000146. The summed E-state index contributed by atoms with van der Waals surface area (Å²) in [6.07, 6.45) is 0. The van der Waals surface area contributed by atoms with Gasteiger partial charge in [0, 0.05) is 77.1 Å². The Labute approximate surface area is 713 Å². The molecule has 0 saturated heterocycles. The molecule has 0 aliphatic rings. The highest BCUT2D eigenvalue weighted by Crippen LogP contribution is 2.45. The van der Waals surface area contributed by atoms with Gasteiger partial charge in [0.2, 0.25) is 0 Å². The van der Waals surface area contributed by atoms with Crippen LogP contribution in [0.2, 0.25) is 0 Å². The van der Waals surface area contributed by atoms with Crippen LogP contribution in [-0.2, 0) is 0 Å². The van der Waals surface area contributed by atoms with E-state index in [1.165, 1.54) is 33.4 Å². The molecule has 10 heteroatoms. The molecule has 0 spiro atoms. The average Bonchev–Trinajstić information content (AvgIpc) is 1.57. The van der Waals surface area contributed by atoms with Crippen LogP contribution < -0.4 is 0 Å². The van der Waals surface area contributed by atoms with Crippen molar-refractivity contribution < 1.29 is 8.83 Å². The van der Waals surface area contributed by atoms with Crippen LogP contribution in [0.5, 0.6) is 0 Å². The summed E-state index contributed by atoms with van der Waals surface area (Å²) in [7, 11) is 0. The first-order valence-electron chi connectivity index (χ1n) is 41.7. The van der Waals surface area contributed by atoms with Crippen molar-refractivity contribution in [1.29, 1.82) is 0 Å². The van der Waals surface area contributed by atoms with Crippen molar-refractivity contribution in [3.63, 3.8) is 0 Å². The van der Waals surface area contributed by atoms with Crippen molar-refractivity contribution in [2.24, 2.45) is 0 Å². The molecule has 24 rings (SSSR count). The van der Waals surface area contributed by atoms with Crippen molar-refractivity contribution >= 4 is 87.5 Å². The molecule has 0 saturated carbocycles. The van der Waals surface area contributed by atoms with Crippen molar-refractivity contribution in [3.05, 3.63) is 437 Å². The lowest BCUT2D eigenvalue weighted by atomic mass is 9.99. The molecule has 18 aromatic carbocycles. The third-order valence-electron chi connectivity index (χ3n) is 23.7. The maximum Gasteiger partial charge on any atom is 0.164 e. The third kappa shape index (κ3) is 13.3. The van der Waals surface area contributed by atoms with Gasteiger partial charge in [-0.3, -0.25) is 0 Å². The van der Waals surface area contributed by atoms with Crippen LogP contribution in [0.25, 0.3) is 234 Å². The summed E-state index contributed by atoms with van der Waals surface area (Å²) in [5, 5.41) is 8.66. The molecule has 0 amide bonds. The van der Waals surface area contributed by atoms with Crippen LogP contribution in [0.4, 0.5) is 0 Å². The van der Waals surface area contributed by atoms with Gasteiger partial charge in [0.05, 0.1) is 32.8 Å². The van der Waals surface area contributed by atoms with Crippen LogP contribution in [0.1, 0.15) is 0 Å². The maximum absolute atomic E-state index is 6.97. The third-order valence-corrected chi connectivity index (χ3v) is 23.7. The van der Waals surface area contributed by atoms with E-state index in [2.05, 4.69) is 391 Å². The first kappa shape index (κ1) is 72.4. The molecule has 124 heavy (non-hydrogen) atoms. The van der Waals surface area contributed by atoms with E-state index in [0.717, 1.165) is 166 Å². The van der Waals surface area contributed by atoms with E-state index in [0.29, 0.717) is 34.9 Å². The summed E-state index contributed by atoms with van der Waals surface area (Å²) in [6, 6.07) is 153. The van der Waals surface area contributed by atoms with E-state index in [1.807, 2.05) is 54.6 Å². The van der Waals surface area contributed by atoms with E-state index >= 15 is 0 Å². The van der Waals surface area contributed by atoms with E-state index in [9.17, 15) is 0 Å². The summed E-state index contributed by atoms with van der Waals surface area (Å²) in [5.41, 5.74) is 29.2. The van der Waals surface area contributed by atoms with Crippen LogP contribution in [0.15, 0.2) is 446 Å². The standard InChI is InChI=1S/C63H40N4O.C51H32N4O/c1-4-14-41(15-5-1)44-26-28-46(29-27-44)61-64-62(50-23-13-22-49(39-50)43-18-8-3-9-19-43)66-63(65-61)51-32-35-53-54-36-37-57-59(60(54)68-58(53)40-51)55-24-10-11-25-56(55)67(57)52-33-30-45(31-34-52)48-21-12-20-47(38-48)42-16-6-2-7-17-42;1-4-13-33(14-5-1)35-23-26-40(27-24-35)55-44-22-11-10-21-43(44)47-45(55)30-29-42-41-28-25-39(32-46(41)56-48(42)47)51-53-49(36-17-8-3-9-18-36)52-50(54-51)38-20-12-19-37(31-38)34-15-6-2-7-16-34/h1-40H;1-32H. The molecule has 0 unspecified atom stereocenters. The lowest BCUT2D eigenvalue weighted by molar-refractivity contribution is 0.672. The first-order valence-corrected chi connectivity index (χ1v) is 41.7. The molecule has 0 aliphatic carbocycles. The Hall–Kier alpha value is -16.8. The van der Waals surface area contributed by atoms with E-state index in [1.54, 1.807) is 0 Å². The summed E-state index contributed by atoms with van der Waals surface area (Å²) < 4.78 is 18.5. The fourth-order valence-electron chi connectivity index (χ4n) is 17.6. The van der Waals surface area contributed by atoms with Gasteiger partial charge in [-0.1, -0.05) is 334 Å². The predicted molar refractivity (Wildman–Crippen MR) is 508 cm³/mol. The molecule has 24 aromatic rings. The fourth-order valence-corrected chi connectivity index (χ4v) is 17.6. The molecule has 6 aromatic heterocycles. The summed E-state index contributed by atoms with van der Waals surface area (Å²) in [4.78, 5) is 30.5. The van der Waals surface area contributed by atoms with E-state index in [-0.39, 0.29) is 0 Å². The second kappa shape index (κ2) is 30.8. The molecule has 0 fully saturated rings. The summed E-state index contributed by atoms with van der Waals surface area (Å²) >= 11 is 0. The SMILES string of the molecule is c1ccc(-c2ccc(-c3nc(-c4cccc(-c5ccccc5)c4)nc(-c4ccc5c(c4)oc4c5ccc5c4c4ccccc4n5-c4ccc(-c5cccc(-c6ccccc6)c5)cc4)n3)cc2)cc1.c1ccc(-c2ccc(-n3c4ccccc4c4c5oc6cc(-c7nc(-c8ccccc8)nc(-c8cccc(-c9ccccc9)c8)n7)ccc6c5ccc43)cc2)cc1. The molecule has 6 heterocycles. The van der Waals surface area contributed by atoms with Gasteiger partial charge in [-0.2, -0.15) is 0 Å². The van der Waals surface area contributed by atoms with Gasteiger partial charge < -0.3 is 18.0 Å². The number of nitrogens with zero attached hydrogens (tertiary/aromatic N) is 8. The van der Waals surface area contributed by atoms with Gasteiger partial charge in [-0.05, 0) is 170 Å². The largest absolute Gasteiger partial charge is 0.455 e. The van der Waals surface area contributed by atoms with Gasteiger partial charge in [-0.15, -0.1) is 0 Å². The number of furan rings is 2. The van der Waals surface area contributed by atoms with Gasteiger partial charge in [-0.25, -0.2) is 29.9 Å². The lowest BCUT2D eigenvalue weighted by Crippen LogP contribution is -2.00. The molecular weight excluding hydrogens is 1510 g/mol. The minimum absolute atomic E-state index is 0.571. The van der Waals surface area contributed by atoms with Crippen LogP contribution in [0.3, 0.4) is 0 Å².